The lowest BCUT2D eigenvalue weighted by Gasteiger charge is -2.39. The van der Waals surface area contributed by atoms with Crippen molar-refractivity contribution < 1.29 is 19.1 Å². The quantitative estimate of drug-likeness (QED) is 0.624. The van der Waals surface area contributed by atoms with Gasteiger partial charge in [0.05, 0.1) is 13.2 Å². The molecule has 0 amide bonds. The number of hydrogen-bond donors (Lipinski definition) is 1. The Morgan fingerprint density at radius 2 is 2.04 bits per heavy atom. The first-order chi connectivity index (χ1) is 12.2. The van der Waals surface area contributed by atoms with Crippen LogP contribution in [0, 0.1) is 5.41 Å². The molecule has 0 fully saturated rings. The summed E-state index contributed by atoms with van der Waals surface area (Å²) in [6.07, 6.45) is 2.11. The lowest BCUT2D eigenvalue weighted by molar-refractivity contribution is -0.154. The lowest BCUT2D eigenvalue weighted by Crippen LogP contribution is -2.37. The average Bonchev–Trinajstić information content (AvgIpc) is 2.80. The van der Waals surface area contributed by atoms with Gasteiger partial charge in [-0.25, -0.2) is 4.79 Å². The highest BCUT2D eigenvalue weighted by atomic mass is 35.5. The van der Waals surface area contributed by atoms with Gasteiger partial charge in [0.2, 0.25) is 0 Å². The number of halogens is 1. The van der Waals surface area contributed by atoms with E-state index in [-0.39, 0.29) is 5.70 Å². The van der Waals surface area contributed by atoms with Crippen molar-refractivity contribution >= 4 is 23.5 Å². The van der Waals surface area contributed by atoms with Gasteiger partial charge in [0.25, 0.3) is 0 Å². The number of rotatable bonds is 5. The molecule has 0 radical (unpaired) electrons. The van der Waals surface area contributed by atoms with Crippen LogP contribution in [0.2, 0.25) is 5.02 Å². The fourth-order valence-electron chi connectivity index (χ4n) is 3.57. The molecule has 1 aliphatic rings. The fraction of sp³-hybridized carbons (Fsp3) is 0.368. The summed E-state index contributed by atoms with van der Waals surface area (Å²) >= 11 is 6.49. The maximum absolute atomic E-state index is 12.2. The lowest BCUT2D eigenvalue weighted by atomic mass is 9.82. The standard InChI is InChI=1S/C19H23ClN2O4/c1-6-22(14(10-21)18(24)25-5)16-15-12(8-7-9-13(15)20)17(19(16,3)4)26-11(2)23/h6-10,16-17H,1,21H2,2-5H3/b14-10-. The van der Waals surface area contributed by atoms with Crippen LogP contribution in [0.4, 0.5) is 0 Å². The SMILES string of the molecule is C=CN(/C(=C\N)C(=O)OC)C1c2c(Cl)cccc2C(OC(C)=O)C1(C)C. The van der Waals surface area contributed by atoms with Gasteiger partial charge in [-0.1, -0.05) is 44.2 Å². The van der Waals surface area contributed by atoms with E-state index < -0.39 is 29.5 Å². The maximum Gasteiger partial charge on any atom is 0.356 e. The van der Waals surface area contributed by atoms with Crippen LogP contribution >= 0.6 is 11.6 Å². The molecule has 0 saturated heterocycles. The van der Waals surface area contributed by atoms with Gasteiger partial charge in [-0.2, -0.15) is 0 Å². The van der Waals surface area contributed by atoms with Crippen molar-refractivity contribution in [2.75, 3.05) is 7.11 Å². The Bertz CT molecular complexity index is 773. The highest BCUT2D eigenvalue weighted by Crippen LogP contribution is 2.59. The number of esters is 2. The summed E-state index contributed by atoms with van der Waals surface area (Å²) in [5, 5.41) is 0.503. The number of fused-ring (bicyclic) bond motifs is 1. The molecule has 0 heterocycles. The van der Waals surface area contributed by atoms with Crippen molar-refractivity contribution in [2.45, 2.75) is 32.9 Å². The zero-order valence-corrected chi connectivity index (χ0v) is 16.0. The second-order valence-electron chi connectivity index (χ2n) is 6.59. The van der Waals surface area contributed by atoms with Crippen LogP contribution in [0.1, 0.15) is 44.0 Å². The molecule has 0 aromatic heterocycles. The zero-order valence-electron chi connectivity index (χ0n) is 15.3. The maximum atomic E-state index is 12.2. The van der Waals surface area contributed by atoms with Crippen LogP contribution in [-0.4, -0.2) is 23.9 Å². The summed E-state index contributed by atoms with van der Waals surface area (Å²) in [7, 11) is 1.27. The van der Waals surface area contributed by atoms with Crippen LogP contribution in [0.25, 0.3) is 0 Å². The first-order valence-electron chi connectivity index (χ1n) is 8.07. The van der Waals surface area contributed by atoms with Crippen molar-refractivity contribution in [3.05, 3.63) is 59.0 Å². The van der Waals surface area contributed by atoms with Crippen molar-refractivity contribution in [2.24, 2.45) is 11.1 Å². The normalized spacial score (nSPS) is 20.9. The highest BCUT2D eigenvalue weighted by molar-refractivity contribution is 6.31. The minimum absolute atomic E-state index is 0.120. The molecule has 7 heteroatoms. The van der Waals surface area contributed by atoms with Crippen LogP contribution < -0.4 is 5.73 Å². The molecule has 1 aromatic carbocycles. The number of ether oxygens (including phenoxy) is 2. The van der Waals surface area contributed by atoms with E-state index in [1.165, 1.54) is 26.4 Å². The van der Waals surface area contributed by atoms with E-state index >= 15 is 0 Å². The van der Waals surface area contributed by atoms with Gasteiger partial charge >= 0.3 is 11.9 Å². The minimum Gasteiger partial charge on any atom is -0.464 e. The molecule has 2 rings (SSSR count). The number of nitrogens with zero attached hydrogens (tertiary/aromatic N) is 1. The predicted molar refractivity (Wildman–Crippen MR) is 98.8 cm³/mol. The number of nitrogens with two attached hydrogens (primary N) is 1. The number of benzene rings is 1. The summed E-state index contributed by atoms with van der Waals surface area (Å²) in [6.45, 7) is 9.04. The van der Waals surface area contributed by atoms with E-state index in [1.54, 1.807) is 17.0 Å². The number of carbonyl (C=O) groups excluding carboxylic acids is 2. The van der Waals surface area contributed by atoms with E-state index in [4.69, 9.17) is 26.8 Å². The molecule has 0 aliphatic heterocycles. The Balaban J connectivity index is 2.69. The summed E-state index contributed by atoms with van der Waals surface area (Å²) in [5.74, 6) is -1.00. The first kappa shape index (κ1) is 19.8. The van der Waals surface area contributed by atoms with Crippen molar-refractivity contribution in [1.29, 1.82) is 0 Å². The van der Waals surface area contributed by atoms with Gasteiger partial charge in [0.1, 0.15) is 11.8 Å². The summed E-state index contributed by atoms with van der Waals surface area (Å²) in [5.41, 5.74) is 6.72. The van der Waals surface area contributed by atoms with Crippen molar-refractivity contribution in [1.82, 2.24) is 4.90 Å². The Morgan fingerprint density at radius 1 is 1.38 bits per heavy atom. The molecule has 1 aliphatic carbocycles. The third-order valence-electron chi connectivity index (χ3n) is 4.61. The largest absolute Gasteiger partial charge is 0.464 e. The van der Waals surface area contributed by atoms with Crippen LogP contribution in [0.5, 0.6) is 0 Å². The molecule has 2 atom stereocenters. The van der Waals surface area contributed by atoms with E-state index in [1.807, 2.05) is 19.9 Å². The zero-order chi connectivity index (χ0) is 19.6. The Morgan fingerprint density at radius 3 is 2.54 bits per heavy atom. The van der Waals surface area contributed by atoms with E-state index in [2.05, 4.69) is 6.58 Å². The second kappa shape index (κ2) is 7.41. The van der Waals surface area contributed by atoms with Gasteiger partial charge in [0, 0.05) is 29.1 Å². The molecule has 0 saturated carbocycles. The molecule has 26 heavy (non-hydrogen) atoms. The van der Waals surface area contributed by atoms with Crippen molar-refractivity contribution in [3.8, 4) is 0 Å². The second-order valence-corrected chi connectivity index (χ2v) is 7.00. The highest BCUT2D eigenvalue weighted by Gasteiger charge is 2.53. The molecule has 2 N–H and O–H groups in total. The number of hydrogen-bond acceptors (Lipinski definition) is 6. The molecule has 0 bridgehead atoms. The van der Waals surface area contributed by atoms with Gasteiger partial charge < -0.3 is 20.1 Å². The van der Waals surface area contributed by atoms with Gasteiger partial charge in [-0.05, 0) is 17.8 Å². The molecule has 1 aromatic rings. The molecule has 6 nitrogen and oxygen atoms in total. The molecule has 0 spiro atoms. The Hall–Kier alpha value is -2.47. The van der Waals surface area contributed by atoms with E-state index in [0.717, 1.165) is 11.1 Å². The van der Waals surface area contributed by atoms with Gasteiger partial charge in [-0.3, -0.25) is 4.79 Å². The van der Waals surface area contributed by atoms with E-state index in [9.17, 15) is 9.59 Å². The topological polar surface area (TPSA) is 81.9 Å². The predicted octanol–water partition coefficient (Wildman–Crippen LogP) is 3.44. The number of carbonyl (C=O) groups is 2. The summed E-state index contributed by atoms with van der Waals surface area (Å²) in [4.78, 5) is 25.5. The molecule has 2 unspecified atom stereocenters. The van der Waals surface area contributed by atoms with Crippen LogP contribution in [-0.2, 0) is 19.1 Å². The third kappa shape index (κ3) is 3.17. The molecular weight excluding hydrogens is 356 g/mol. The van der Waals surface area contributed by atoms with Crippen LogP contribution in [0.3, 0.4) is 0 Å². The third-order valence-corrected chi connectivity index (χ3v) is 4.94. The minimum atomic E-state index is -0.629. The van der Waals surface area contributed by atoms with E-state index in [0.29, 0.717) is 5.02 Å². The molecular formula is C19H23ClN2O4. The number of methoxy groups -OCH3 is 1. The smallest absolute Gasteiger partial charge is 0.356 e. The van der Waals surface area contributed by atoms with Gasteiger partial charge in [0.15, 0.2) is 0 Å². The Kier molecular flexibility index (Phi) is 5.66. The summed E-state index contributed by atoms with van der Waals surface area (Å²) < 4.78 is 10.4. The van der Waals surface area contributed by atoms with Gasteiger partial charge in [-0.15, -0.1) is 0 Å². The summed E-state index contributed by atoms with van der Waals surface area (Å²) in [6, 6.07) is 4.98. The fourth-order valence-corrected chi connectivity index (χ4v) is 3.86. The first-order valence-corrected chi connectivity index (χ1v) is 8.45. The average molecular weight is 379 g/mol. The Labute approximate surface area is 158 Å². The van der Waals surface area contributed by atoms with Crippen molar-refractivity contribution in [3.63, 3.8) is 0 Å². The van der Waals surface area contributed by atoms with Crippen LogP contribution in [0.15, 0.2) is 42.9 Å². The monoisotopic (exact) mass is 378 g/mol. The molecule has 140 valence electrons.